The predicted molar refractivity (Wildman–Crippen MR) is 87.9 cm³/mol. The fraction of sp³-hybridized carbons (Fsp3) is 0.684. The van der Waals surface area contributed by atoms with Crippen molar-refractivity contribution in [2.45, 2.75) is 59.4 Å². The summed E-state index contributed by atoms with van der Waals surface area (Å²) in [5.41, 5.74) is 2.88. The summed E-state index contributed by atoms with van der Waals surface area (Å²) < 4.78 is 0. The Hall–Kier alpha value is -0.820. The molecule has 1 N–H and O–H groups in total. The zero-order valence-electron chi connectivity index (χ0n) is 13.7. The van der Waals surface area contributed by atoms with Crippen molar-refractivity contribution in [3.8, 4) is 0 Å². The summed E-state index contributed by atoms with van der Waals surface area (Å²) in [6.07, 6.45) is 5.42. The second-order valence-electron chi connectivity index (χ2n) is 7.25. The van der Waals surface area contributed by atoms with Gasteiger partial charge in [-0.25, -0.2) is 0 Å². The van der Waals surface area contributed by atoms with E-state index in [9.17, 15) is 0 Å². The van der Waals surface area contributed by atoms with Gasteiger partial charge < -0.3 is 5.32 Å². The minimum Gasteiger partial charge on any atom is -0.310 e. The van der Waals surface area contributed by atoms with Crippen LogP contribution in [0.4, 0.5) is 0 Å². The Kier molecular flexibility index (Phi) is 5.65. The monoisotopic (exact) mass is 273 g/mol. The molecular formula is C19H31N. The highest BCUT2D eigenvalue weighted by Crippen LogP contribution is 2.30. The fourth-order valence-corrected chi connectivity index (χ4v) is 3.39. The number of nitrogens with one attached hydrogen (secondary N) is 1. The second kappa shape index (κ2) is 7.26. The van der Waals surface area contributed by atoms with Crippen molar-refractivity contribution in [2.24, 2.45) is 17.8 Å². The largest absolute Gasteiger partial charge is 0.310 e. The van der Waals surface area contributed by atoms with Gasteiger partial charge in [-0.1, -0.05) is 51.5 Å². The van der Waals surface area contributed by atoms with Crippen molar-refractivity contribution in [3.05, 3.63) is 35.4 Å². The summed E-state index contributed by atoms with van der Waals surface area (Å²) in [6.45, 7) is 10.4. The van der Waals surface area contributed by atoms with Crippen LogP contribution in [0.5, 0.6) is 0 Å². The average molecular weight is 273 g/mol. The Labute approximate surface area is 125 Å². The van der Waals surface area contributed by atoms with Crippen LogP contribution < -0.4 is 5.32 Å². The van der Waals surface area contributed by atoms with Crippen molar-refractivity contribution in [2.75, 3.05) is 6.54 Å². The van der Waals surface area contributed by atoms with Gasteiger partial charge in [-0.05, 0) is 61.6 Å². The van der Waals surface area contributed by atoms with Crippen LogP contribution in [0, 0.1) is 17.8 Å². The molecule has 1 nitrogen and oxygen atoms in total. The maximum absolute atomic E-state index is 3.72. The summed E-state index contributed by atoms with van der Waals surface area (Å²) in [6, 6.07) is 9.66. The van der Waals surface area contributed by atoms with Gasteiger partial charge in [0.1, 0.15) is 0 Å². The SMILES string of the molecule is CC(C)Cc1ccc(C(C)NCC2CCC(C)C2)cc1. The van der Waals surface area contributed by atoms with Gasteiger partial charge in [0.2, 0.25) is 0 Å². The third-order valence-corrected chi connectivity index (χ3v) is 4.64. The molecule has 1 aliphatic rings. The Morgan fingerprint density at radius 3 is 2.35 bits per heavy atom. The zero-order chi connectivity index (χ0) is 14.5. The molecule has 1 heteroatoms. The molecule has 0 bridgehead atoms. The first-order chi connectivity index (χ1) is 9.54. The lowest BCUT2D eigenvalue weighted by atomic mass is 9.99. The smallest absolute Gasteiger partial charge is 0.0291 e. The van der Waals surface area contributed by atoms with E-state index in [4.69, 9.17) is 0 Å². The van der Waals surface area contributed by atoms with Gasteiger partial charge in [-0.3, -0.25) is 0 Å². The molecule has 1 aromatic rings. The van der Waals surface area contributed by atoms with E-state index in [0.29, 0.717) is 6.04 Å². The predicted octanol–water partition coefficient (Wildman–Crippen LogP) is 4.97. The van der Waals surface area contributed by atoms with Crippen molar-refractivity contribution in [1.29, 1.82) is 0 Å². The molecule has 0 radical (unpaired) electrons. The highest BCUT2D eigenvalue weighted by atomic mass is 14.9. The van der Waals surface area contributed by atoms with E-state index in [1.165, 1.54) is 43.4 Å². The molecule has 1 aromatic carbocycles. The molecule has 3 unspecified atom stereocenters. The molecule has 0 aromatic heterocycles. The van der Waals surface area contributed by atoms with Crippen LogP contribution in [0.15, 0.2) is 24.3 Å². The molecule has 0 saturated heterocycles. The molecule has 0 spiro atoms. The van der Waals surface area contributed by atoms with Gasteiger partial charge in [-0.15, -0.1) is 0 Å². The van der Waals surface area contributed by atoms with E-state index in [1.54, 1.807) is 0 Å². The van der Waals surface area contributed by atoms with Crippen LogP contribution in [0.1, 0.15) is 64.1 Å². The first kappa shape index (κ1) is 15.6. The van der Waals surface area contributed by atoms with Crippen molar-refractivity contribution >= 4 is 0 Å². The highest BCUT2D eigenvalue weighted by molar-refractivity contribution is 5.25. The van der Waals surface area contributed by atoms with Gasteiger partial charge in [0.05, 0.1) is 0 Å². The van der Waals surface area contributed by atoms with Crippen LogP contribution in [-0.4, -0.2) is 6.54 Å². The maximum atomic E-state index is 3.72. The van der Waals surface area contributed by atoms with E-state index in [0.717, 1.165) is 17.8 Å². The second-order valence-corrected chi connectivity index (χ2v) is 7.25. The number of hydrogen-bond donors (Lipinski definition) is 1. The summed E-state index contributed by atoms with van der Waals surface area (Å²) in [5.74, 6) is 2.57. The topological polar surface area (TPSA) is 12.0 Å². The Bertz CT molecular complexity index is 393. The van der Waals surface area contributed by atoms with E-state index in [-0.39, 0.29) is 0 Å². The normalized spacial score (nSPS) is 24.2. The van der Waals surface area contributed by atoms with E-state index < -0.39 is 0 Å². The summed E-state index contributed by atoms with van der Waals surface area (Å²) in [7, 11) is 0. The summed E-state index contributed by atoms with van der Waals surface area (Å²) in [5, 5.41) is 3.72. The Balaban J connectivity index is 1.81. The molecule has 1 saturated carbocycles. The molecule has 3 atom stereocenters. The van der Waals surface area contributed by atoms with E-state index >= 15 is 0 Å². The molecule has 2 rings (SSSR count). The lowest BCUT2D eigenvalue weighted by Gasteiger charge is -2.18. The number of hydrogen-bond acceptors (Lipinski definition) is 1. The first-order valence-electron chi connectivity index (χ1n) is 8.36. The van der Waals surface area contributed by atoms with Gasteiger partial charge in [0.25, 0.3) is 0 Å². The van der Waals surface area contributed by atoms with Gasteiger partial charge >= 0.3 is 0 Å². The average Bonchev–Trinajstić information content (AvgIpc) is 2.82. The zero-order valence-corrected chi connectivity index (χ0v) is 13.7. The first-order valence-corrected chi connectivity index (χ1v) is 8.36. The quantitative estimate of drug-likeness (QED) is 0.771. The van der Waals surface area contributed by atoms with Crippen molar-refractivity contribution in [1.82, 2.24) is 5.32 Å². The highest BCUT2D eigenvalue weighted by Gasteiger charge is 2.21. The molecule has 0 amide bonds. The lowest BCUT2D eigenvalue weighted by molar-refractivity contribution is 0.440. The minimum atomic E-state index is 0.471. The molecule has 20 heavy (non-hydrogen) atoms. The van der Waals surface area contributed by atoms with Crippen LogP contribution in [0.2, 0.25) is 0 Å². The minimum absolute atomic E-state index is 0.471. The molecule has 1 aliphatic carbocycles. The third-order valence-electron chi connectivity index (χ3n) is 4.64. The van der Waals surface area contributed by atoms with Gasteiger partial charge in [0, 0.05) is 6.04 Å². The van der Waals surface area contributed by atoms with Gasteiger partial charge in [0.15, 0.2) is 0 Å². The Morgan fingerprint density at radius 2 is 1.80 bits per heavy atom. The number of benzene rings is 1. The molecular weight excluding hydrogens is 242 g/mol. The fourth-order valence-electron chi connectivity index (χ4n) is 3.39. The maximum Gasteiger partial charge on any atom is 0.0291 e. The Morgan fingerprint density at radius 1 is 1.10 bits per heavy atom. The molecule has 0 heterocycles. The van der Waals surface area contributed by atoms with Crippen molar-refractivity contribution in [3.63, 3.8) is 0 Å². The van der Waals surface area contributed by atoms with Crippen LogP contribution in [0.3, 0.4) is 0 Å². The summed E-state index contributed by atoms with van der Waals surface area (Å²) >= 11 is 0. The third kappa shape index (κ3) is 4.63. The molecule has 1 fully saturated rings. The molecule has 112 valence electrons. The van der Waals surface area contributed by atoms with E-state index in [2.05, 4.69) is 57.3 Å². The standard InChI is InChI=1S/C19H31N/c1-14(2)11-17-7-9-19(10-8-17)16(4)20-13-18-6-5-15(3)12-18/h7-10,14-16,18,20H,5-6,11-13H2,1-4H3. The molecule has 0 aliphatic heterocycles. The lowest BCUT2D eigenvalue weighted by Crippen LogP contribution is -2.24. The van der Waals surface area contributed by atoms with E-state index in [1.807, 2.05) is 0 Å². The summed E-state index contributed by atoms with van der Waals surface area (Å²) in [4.78, 5) is 0. The van der Waals surface area contributed by atoms with Gasteiger partial charge in [-0.2, -0.15) is 0 Å². The number of rotatable bonds is 6. The van der Waals surface area contributed by atoms with Crippen LogP contribution in [0.25, 0.3) is 0 Å². The van der Waals surface area contributed by atoms with Crippen LogP contribution >= 0.6 is 0 Å². The van der Waals surface area contributed by atoms with Crippen LogP contribution in [-0.2, 0) is 6.42 Å². The van der Waals surface area contributed by atoms with Crippen molar-refractivity contribution < 1.29 is 0 Å².